The van der Waals surface area contributed by atoms with E-state index in [0.29, 0.717) is 0 Å². The summed E-state index contributed by atoms with van der Waals surface area (Å²) >= 11 is 4.75. The first-order valence-electron chi connectivity index (χ1n) is 5.01. The van der Waals surface area contributed by atoms with Crippen LogP contribution in [-0.4, -0.2) is 0 Å². The largest absolute Gasteiger partial charge is 0.0606 e. The molecule has 0 amide bonds. The van der Waals surface area contributed by atoms with E-state index >= 15 is 0 Å². The van der Waals surface area contributed by atoms with Crippen LogP contribution in [0, 0.1) is 7.14 Å². The fourth-order valence-corrected chi connectivity index (χ4v) is 3.15. The SMILES string of the molecule is Ic1ccc2cc3c(I)cccc3cc2c1. The van der Waals surface area contributed by atoms with E-state index in [0.717, 1.165) is 0 Å². The van der Waals surface area contributed by atoms with Gasteiger partial charge in [-0.15, -0.1) is 0 Å². The van der Waals surface area contributed by atoms with Gasteiger partial charge in [0.15, 0.2) is 0 Å². The molecule has 16 heavy (non-hydrogen) atoms. The molecule has 0 heterocycles. The lowest BCUT2D eigenvalue weighted by molar-refractivity contribution is 1.70. The van der Waals surface area contributed by atoms with Gasteiger partial charge in [-0.05, 0) is 97.1 Å². The number of fused-ring (bicyclic) bond motifs is 2. The average molecular weight is 430 g/mol. The molecule has 0 aliphatic carbocycles. The summed E-state index contributed by atoms with van der Waals surface area (Å²) in [5.74, 6) is 0. The molecule has 0 saturated carbocycles. The van der Waals surface area contributed by atoms with E-state index in [2.05, 4.69) is 93.7 Å². The van der Waals surface area contributed by atoms with Crippen LogP contribution in [0.5, 0.6) is 0 Å². The average Bonchev–Trinajstić information content (AvgIpc) is 2.27. The quantitative estimate of drug-likeness (QED) is 0.340. The molecule has 3 aromatic carbocycles. The van der Waals surface area contributed by atoms with Gasteiger partial charge < -0.3 is 0 Å². The highest BCUT2D eigenvalue weighted by Gasteiger charge is 2.01. The monoisotopic (exact) mass is 430 g/mol. The van der Waals surface area contributed by atoms with Crippen molar-refractivity contribution in [2.24, 2.45) is 0 Å². The standard InChI is InChI=1S/C14H8I2/c15-12-5-4-9-8-13-10(6-11(9)7-12)2-1-3-14(13)16/h1-8H. The molecule has 3 aromatic rings. The molecule has 0 saturated heterocycles. The van der Waals surface area contributed by atoms with Crippen LogP contribution in [0.2, 0.25) is 0 Å². The lowest BCUT2D eigenvalue weighted by Crippen LogP contribution is -1.80. The Morgan fingerprint density at radius 1 is 0.688 bits per heavy atom. The summed E-state index contributed by atoms with van der Waals surface area (Å²) < 4.78 is 2.60. The van der Waals surface area contributed by atoms with Crippen LogP contribution in [0.1, 0.15) is 0 Å². The molecule has 0 bridgehead atoms. The number of hydrogen-bond acceptors (Lipinski definition) is 0. The van der Waals surface area contributed by atoms with E-state index in [-0.39, 0.29) is 0 Å². The predicted octanol–water partition coefficient (Wildman–Crippen LogP) is 5.20. The fraction of sp³-hybridized carbons (Fsp3) is 0. The molecule has 0 fully saturated rings. The van der Waals surface area contributed by atoms with Crippen LogP contribution in [0.4, 0.5) is 0 Å². The lowest BCUT2D eigenvalue weighted by atomic mass is 10.0. The third-order valence-electron chi connectivity index (χ3n) is 2.75. The Labute approximate surface area is 121 Å². The molecule has 2 heteroatoms. The Kier molecular flexibility index (Phi) is 2.79. The fourth-order valence-electron chi connectivity index (χ4n) is 1.96. The van der Waals surface area contributed by atoms with E-state index in [9.17, 15) is 0 Å². The highest BCUT2D eigenvalue weighted by Crippen LogP contribution is 2.27. The summed E-state index contributed by atoms with van der Waals surface area (Å²) in [5, 5.41) is 5.30. The zero-order valence-electron chi connectivity index (χ0n) is 8.37. The van der Waals surface area contributed by atoms with E-state index in [1.165, 1.54) is 28.7 Å². The maximum atomic E-state index is 2.40. The van der Waals surface area contributed by atoms with E-state index in [4.69, 9.17) is 0 Å². The number of hydrogen-bond donors (Lipinski definition) is 0. The second-order valence-electron chi connectivity index (χ2n) is 3.80. The predicted molar refractivity (Wildman–Crippen MR) is 86.9 cm³/mol. The van der Waals surface area contributed by atoms with Gasteiger partial charge in [0.1, 0.15) is 0 Å². The van der Waals surface area contributed by atoms with Crippen molar-refractivity contribution in [3.63, 3.8) is 0 Å². The van der Waals surface area contributed by atoms with Crippen molar-refractivity contribution in [3.05, 3.63) is 55.7 Å². The molecule has 0 nitrogen and oxygen atoms in total. The topological polar surface area (TPSA) is 0 Å². The Bertz CT molecular complexity index is 686. The van der Waals surface area contributed by atoms with Gasteiger partial charge in [-0.1, -0.05) is 18.2 Å². The molecule has 0 N–H and O–H groups in total. The molecule has 0 aliphatic heterocycles. The summed E-state index contributed by atoms with van der Waals surface area (Å²) in [6.45, 7) is 0. The van der Waals surface area contributed by atoms with Gasteiger partial charge in [-0.2, -0.15) is 0 Å². The van der Waals surface area contributed by atoms with Crippen LogP contribution >= 0.6 is 45.2 Å². The van der Waals surface area contributed by atoms with E-state index in [1.54, 1.807) is 0 Å². The highest BCUT2D eigenvalue weighted by atomic mass is 127. The van der Waals surface area contributed by atoms with Crippen molar-refractivity contribution in [2.45, 2.75) is 0 Å². The molecule has 3 rings (SSSR count). The maximum absolute atomic E-state index is 2.40. The molecule has 78 valence electrons. The number of halogens is 2. The van der Waals surface area contributed by atoms with Crippen LogP contribution in [0.25, 0.3) is 21.5 Å². The zero-order valence-corrected chi connectivity index (χ0v) is 12.7. The minimum Gasteiger partial charge on any atom is -0.0606 e. The molecule has 0 aliphatic rings. The first kappa shape index (κ1) is 10.8. The van der Waals surface area contributed by atoms with Crippen LogP contribution in [0.3, 0.4) is 0 Å². The molecule has 0 unspecified atom stereocenters. The van der Waals surface area contributed by atoms with E-state index in [1.807, 2.05) is 0 Å². The Morgan fingerprint density at radius 3 is 2.44 bits per heavy atom. The van der Waals surface area contributed by atoms with Crippen molar-refractivity contribution in [1.29, 1.82) is 0 Å². The summed E-state index contributed by atoms with van der Waals surface area (Å²) in [7, 11) is 0. The van der Waals surface area contributed by atoms with Crippen molar-refractivity contribution < 1.29 is 0 Å². The van der Waals surface area contributed by atoms with Crippen LogP contribution < -0.4 is 0 Å². The Balaban J connectivity index is 2.49. The van der Waals surface area contributed by atoms with Gasteiger partial charge in [0.05, 0.1) is 0 Å². The van der Waals surface area contributed by atoms with Crippen molar-refractivity contribution in [3.8, 4) is 0 Å². The lowest BCUT2D eigenvalue weighted by Gasteiger charge is -2.04. The number of rotatable bonds is 0. The van der Waals surface area contributed by atoms with Gasteiger partial charge in [-0.3, -0.25) is 0 Å². The molecular formula is C14H8I2. The second-order valence-corrected chi connectivity index (χ2v) is 6.21. The molecule has 0 radical (unpaired) electrons. The first-order valence-corrected chi connectivity index (χ1v) is 7.17. The first-order chi connectivity index (χ1) is 7.74. The van der Waals surface area contributed by atoms with Gasteiger partial charge in [0, 0.05) is 7.14 Å². The summed E-state index contributed by atoms with van der Waals surface area (Å²) in [5.41, 5.74) is 0. The smallest absolute Gasteiger partial charge is 0.0209 e. The minimum atomic E-state index is 1.29. The molecule has 0 aromatic heterocycles. The molecule has 0 spiro atoms. The normalized spacial score (nSPS) is 11.1. The summed E-state index contributed by atoms with van der Waals surface area (Å²) in [6, 6.07) is 17.6. The Morgan fingerprint density at radius 2 is 1.56 bits per heavy atom. The number of benzene rings is 3. The van der Waals surface area contributed by atoms with Gasteiger partial charge >= 0.3 is 0 Å². The van der Waals surface area contributed by atoms with Crippen molar-refractivity contribution >= 4 is 66.7 Å². The van der Waals surface area contributed by atoms with Gasteiger partial charge in [0.25, 0.3) is 0 Å². The summed E-state index contributed by atoms with van der Waals surface area (Å²) in [4.78, 5) is 0. The van der Waals surface area contributed by atoms with E-state index < -0.39 is 0 Å². The minimum absolute atomic E-state index is 1.29. The maximum Gasteiger partial charge on any atom is 0.0209 e. The van der Waals surface area contributed by atoms with Gasteiger partial charge in [-0.25, -0.2) is 0 Å². The van der Waals surface area contributed by atoms with Crippen molar-refractivity contribution in [1.82, 2.24) is 0 Å². The highest BCUT2D eigenvalue weighted by molar-refractivity contribution is 14.1. The zero-order chi connectivity index (χ0) is 11.1. The molecular weight excluding hydrogens is 422 g/mol. The van der Waals surface area contributed by atoms with Crippen LogP contribution in [-0.2, 0) is 0 Å². The molecule has 0 atom stereocenters. The van der Waals surface area contributed by atoms with Crippen LogP contribution in [0.15, 0.2) is 48.5 Å². The van der Waals surface area contributed by atoms with Crippen molar-refractivity contribution in [2.75, 3.05) is 0 Å². The second kappa shape index (κ2) is 4.14. The Hall–Kier alpha value is -0.360. The summed E-state index contributed by atoms with van der Waals surface area (Å²) in [6.07, 6.45) is 0. The third kappa shape index (κ3) is 1.82. The third-order valence-corrected chi connectivity index (χ3v) is 4.36. The van der Waals surface area contributed by atoms with Gasteiger partial charge in [0.2, 0.25) is 0 Å².